The third kappa shape index (κ3) is 5.69. The molecule has 3 nitrogen and oxygen atoms in total. The van der Waals surface area contributed by atoms with Crippen LogP contribution in [0.3, 0.4) is 0 Å². The molecule has 1 N–H and O–H groups in total. The first-order chi connectivity index (χ1) is 8.49. The highest BCUT2D eigenvalue weighted by atomic mass is 16.3. The second-order valence-electron chi connectivity index (χ2n) is 5.98. The Hall–Kier alpha value is -0.800. The highest BCUT2D eigenvalue weighted by Crippen LogP contribution is 2.13. The molecule has 1 aromatic heterocycles. The van der Waals surface area contributed by atoms with Crippen LogP contribution in [0, 0.1) is 11.8 Å². The average Bonchev–Trinajstić information content (AvgIpc) is 2.63. The van der Waals surface area contributed by atoms with Crippen LogP contribution in [0.2, 0.25) is 0 Å². The molecule has 0 amide bonds. The number of rotatable bonds is 8. The maximum atomic E-state index is 5.56. The molecule has 0 aliphatic heterocycles. The Balaban J connectivity index is 2.44. The average molecular weight is 252 g/mol. The molecule has 0 radical (unpaired) electrons. The normalized spacial score (nSPS) is 12.0. The van der Waals surface area contributed by atoms with Crippen molar-refractivity contribution in [2.45, 2.75) is 40.8 Å². The van der Waals surface area contributed by atoms with E-state index in [1.807, 2.05) is 0 Å². The Morgan fingerprint density at radius 1 is 1.22 bits per heavy atom. The Morgan fingerprint density at radius 2 is 1.94 bits per heavy atom. The van der Waals surface area contributed by atoms with E-state index in [0.717, 1.165) is 31.9 Å². The van der Waals surface area contributed by atoms with Crippen molar-refractivity contribution in [2.75, 3.05) is 20.1 Å². The van der Waals surface area contributed by atoms with Gasteiger partial charge in [0, 0.05) is 18.7 Å². The van der Waals surface area contributed by atoms with Gasteiger partial charge in [0.25, 0.3) is 0 Å². The van der Waals surface area contributed by atoms with Gasteiger partial charge in [-0.2, -0.15) is 0 Å². The fourth-order valence-electron chi connectivity index (χ4n) is 2.12. The number of hydrogen-bond acceptors (Lipinski definition) is 3. The summed E-state index contributed by atoms with van der Waals surface area (Å²) >= 11 is 0. The van der Waals surface area contributed by atoms with Crippen molar-refractivity contribution in [1.82, 2.24) is 10.2 Å². The van der Waals surface area contributed by atoms with Crippen LogP contribution in [0.25, 0.3) is 0 Å². The number of nitrogens with one attached hydrogen (secondary N) is 1. The highest BCUT2D eigenvalue weighted by Gasteiger charge is 2.09. The molecular formula is C15H28N2O. The Morgan fingerprint density at radius 3 is 2.56 bits per heavy atom. The highest BCUT2D eigenvalue weighted by molar-refractivity contribution is 5.16. The maximum Gasteiger partial charge on any atom is 0.122 e. The van der Waals surface area contributed by atoms with Crippen molar-refractivity contribution in [3.8, 4) is 0 Å². The lowest BCUT2D eigenvalue weighted by atomic mass is 10.2. The Kier molecular flexibility index (Phi) is 6.44. The van der Waals surface area contributed by atoms with Crippen molar-refractivity contribution < 1.29 is 4.42 Å². The largest absolute Gasteiger partial charge is 0.468 e. The predicted octanol–water partition coefficient (Wildman–Crippen LogP) is 3.11. The zero-order chi connectivity index (χ0) is 13.5. The smallest absolute Gasteiger partial charge is 0.122 e. The molecule has 1 heterocycles. The lowest BCUT2D eigenvalue weighted by Crippen LogP contribution is -2.24. The Bertz CT molecular complexity index is 331. The van der Waals surface area contributed by atoms with E-state index in [0.29, 0.717) is 11.8 Å². The van der Waals surface area contributed by atoms with Gasteiger partial charge in [-0.25, -0.2) is 0 Å². The van der Waals surface area contributed by atoms with Crippen LogP contribution >= 0.6 is 0 Å². The number of nitrogens with zero attached hydrogens (tertiary/aromatic N) is 1. The van der Waals surface area contributed by atoms with Crippen LogP contribution in [0.5, 0.6) is 0 Å². The summed E-state index contributed by atoms with van der Waals surface area (Å²) in [5, 5.41) is 3.43. The zero-order valence-corrected chi connectivity index (χ0v) is 12.5. The minimum Gasteiger partial charge on any atom is -0.468 e. The monoisotopic (exact) mass is 252 g/mol. The van der Waals surface area contributed by atoms with E-state index >= 15 is 0 Å². The molecule has 0 spiro atoms. The van der Waals surface area contributed by atoms with Crippen LogP contribution in [0.4, 0.5) is 0 Å². The van der Waals surface area contributed by atoms with Crippen LogP contribution in [0.1, 0.15) is 39.0 Å². The number of furan rings is 1. The molecule has 0 aliphatic carbocycles. The molecule has 0 bridgehead atoms. The molecular weight excluding hydrogens is 224 g/mol. The van der Waals surface area contributed by atoms with E-state index in [4.69, 9.17) is 4.42 Å². The van der Waals surface area contributed by atoms with Gasteiger partial charge < -0.3 is 14.6 Å². The summed E-state index contributed by atoms with van der Waals surface area (Å²) in [7, 11) is 2.17. The second-order valence-corrected chi connectivity index (χ2v) is 5.98. The summed E-state index contributed by atoms with van der Waals surface area (Å²) in [5.74, 6) is 2.45. The van der Waals surface area contributed by atoms with Crippen molar-refractivity contribution in [3.63, 3.8) is 0 Å². The fraction of sp³-hybridized carbons (Fsp3) is 0.733. The van der Waals surface area contributed by atoms with Crippen LogP contribution < -0.4 is 5.32 Å². The number of hydrogen-bond donors (Lipinski definition) is 1. The van der Waals surface area contributed by atoms with Crippen molar-refractivity contribution in [1.29, 1.82) is 0 Å². The summed E-state index contributed by atoms with van der Waals surface area (Å²) in [5.41, 5.74) is 1.30. The molecule has 0 saturated heterocycles. The van der Waals surface area contributed by atoms with Gasteiger partial charge >= 0.3 is 0 Å². The van der Waals surface area contributed by atoms with Crippen molar-refractivity contribution in [2.24, 2.45) is 11.8 Å². The van der Waals surface area contributed by atoms with E-state index in [-0.39, 0.29) is 0 Å². The molecule has 104 valence electrons. The van der Waals surface area contributed by atoms with E-state index in [1.165, 1.54) is 5.56 Å². The third-order valence-corrected chi connectivity index (χ3v) is 2.79. The van der Waals surface area contributed by atoms with Gasteiger partial charge in [-0.15, -0.1) is 0 Å². The van der Waals surface area contributed by atoms with Gasteiger partial charge in [-0.05, 0) is 31.5 Å². The standard InChI is InChI=1S/C15H28N2O/c1-12(2)8-16-9-15-14(6-7-18-15)11-17(5)10-13(3)4/h6-7,12-13,16H,8-11H2,1-5H3. The SMILES string of the molecule is CC(C)CNCc1occc1CN(C)CC(C)C. The molecule has 0 unspecified atom stereocenters. The molecule has 18 heavy (non-hydrogen) atoms. The minimum absolute atomic E-state index is 0.673. The summed E-state index contributed by atoms with van der Waals surface area (Å²) < 4.78 is 5.56. The van der Waals surface area contributed by atoms with Crippen LogP contribution in [0.15, 0.2) is 16.7 Å². The van der Waals surface area contributed by atoms with Gasteiger partial charge in [-0.3, -0.25) is 0 Å². The quantitative estimate of drug-likeness (QED) is 0.770. The fourth-order valence-corrected chi connectivity index (χ4v) is 2.12. The van der Waals surface area contributed by atoms with Crippen LogP contribution in [-0.2, 0) is 13.1 Å². The lowest BCUT2D eigenvalue weighted by Gasteiger charge is -2.18. The second kappa shape index (κ2) is 7.59. The molecule has 0 aliphatic rings. The van der Waals surface area contributed by atoms with Crippen molar-refractivity contribution >= 4 is 0 Å². The summed E-state index contributed by atoms with van der Waals surface area (Å²) in [6.07, 6.45) is 1.80. The summed E-state index contributed by atoms with van der Waals surface area (Å²) in [4.78, 5) is 2.35. The van der Waals surface area contributed by atoms with Crippen molar-refractivity contribution in [3.05, 3.63) is 23.7 Å². The molecule has 0 saturated carbocycles. The van der Waals surface area contributed by atoms with E-state index in [9.17, 15) is 0 Å². The first-order valence-corrected chi connectivity index (χ1v) is 6.93. The first kappa shape index (κ1) is 15.3. The zero-order valence-electron chi connectivity index (χ0n) is 12.5. The summed E-state index contributed by atoms with van der Waals surface area (Å²) in [6, 6.07) is 2.09. The first-order valence-electron chi connectivity index (χ1n) is 6.93. The molecule has 0 aromatic carbocycles. The van der Waals surface area contributed by atoms with Gasteiger partial charge in [0.15, 0.2) is 0 Å². The maximum absolute atomic E-state index is 5.56. The van der Waals surface area contributed by atoms with Gasteiger partial charge in [0.2, 0.25) is 0 Å². The van der Waals surface area contributed by atoms with E-state index < -0.39 is 0 Å². The minimum atomic E-state index is 0.673. The molecule has 3 heteroatoms. The lowest BCUT2D eigenvalue weighted by molar-refractivity contribution is 0.285. The molecule has 1 aromatic rings. The molecule has 0 atom stereocenters. The third-order valence-electron chi connectivity index (χ3n) is 2.79. The molecule has 1 rings (SSSR count). The topological polar surface area (TPSA) is 28.4 Å². The summed E-state index contributed by atoms with van der Waals surface area (Å²) in [6.45, 7) is 12.9. The van der Waals surface area contributed by atoms with E-state index in [1.54, 1.807) is 6.26 Å². The van der Waals surface area contributed by atoms with Gasteiger partial charge in [-0.1, -0.05) is 27.7 Å². The Labute approximate surface area is 112 Å². The van der Waals surface area contributed by atoms with Crippen LogP contribution in [-0.4, -0.2) is 25.0 Å². The molecule has 0 fully saturated rings. The van der Waals surface area contributed by atoms with E-state index in [2.05, 4.69) is 51.0 Å². The van der Waals surface area contributed by atoms with Gasteiger partial charge in [0.1, 0.15) is 5.76 Å². The van der Waals surface area contributed by atoms with Gasteiger partial charge in [0.05, 0.1) is 12.8 Å². The predicted molar refractivity (Wildman–Crippen MR) is 76.4 cm³/mol.